The molecule has 1 aromatic heterocycles. The predicted molar refractivity (Wildman–Crippen MR) is 58.9 cm³/mol. The fourth-order valence-corrected chi connectivity index (χ4v) is 1.68. The van der Waals surface area contributed by atoms with Crippen LogP contribution in [0.25, 0.3) is 0 Å². The second kappa shape index (κ2) is 4.00. The number of anilines is 1. The van der Waals surface area contributed by atoms with E-state index in [4.69, 9.17) is 4.74 Å². The molecule has 0 bridgehead atoms. The van der Waals surface area contributed by atoms with E-state index in [1.807, 2.05) is 38.5 Å². The van der Waals surface area contributed by atoms with Crippen LogP contribution >= 0.6 is 11.3 Å². The summed E-state index contributed by atoms with van der Waals surface area (Å²) in [5.74, 6) is 0. The Hall–Kier alpha value is -1.03. The summed E-state index contributed by atoms with van der Waals surface area (Å²) in [6.07, 6.45) is -0.404. The molecule has 0 saturated heterocycles. The Morgan fingerprint density at radius 2 is 2.07 bits per heavy atom. The highest BCUT2D eigenvalue weighted by molar-refractivity contribution is 7.08. The molecule has 1 N–H and O–H groups in total. The second-order valence-corrected chi connectivity index (χ2v) is 4.84. The third-order valence-corrected chi connectivity index (χ3v) is 2.35. The normalized spacial score (nSPS) is 11.1. The average molecular weight is 213 g/mol. The van der Waals surface area contributed by atoms with Gasteiger partial charge in [-0.05, 0) is 38.6 Å². The molecule has 1 heterocycles. The first-order valence-corrected chi connectivity index (χ1v) is 5.35. The van der Waals surface area contributed by atoms with E-state index >= 15 is 0 Å². The maximum atomic E-state index is 11.3. The summed E-state index contributed by atoms with van der Waals surface area (Å²) in [6, 6.07) is 0. The van der Waals surface area contributed by atoms with Gasteiger partial charge in [0.05, 0.1) is 5.69 Å². The molecule has 0 radical (unpaired) electrons. The molecule has 1 aromatic rings. The SMILES string of the molecule is Cc1cscc1NC(=O)OC(C)(C)C. The summed E-state index contributed by atoms with van der Waals surface area (Å²) in [4.78, 5) is 11.3. The molecule has 0 aromatic carbocycles. The van der Waals surface area contributed by atoms with Crippen LogP contribution in [0.2, 0.25) is 0 Å². The number of hydrogen-bond donors (Lipinski definition) is 1. The number of nitrogens with one attached hydrogen (secondary N) is 1. The van der Waals surface area contributed by atoms with Crippen LogP contribution in [-0.4, -0.2) is 11.7 Å². The van der Waals surface area contributed by atoms with Crippen molar-refractivity contribution in [3.63, 3.8) is 0 Å². The topological polar surface area (TPSA) is 38.3 Å². The van der Waals surface area contributed by atoms with Crippen LogP contribution in [0.4, 0.5) is 10.5 Å². The Labute approximate surface area is 88.1 Å². The zero-order valence-electron chi connectivity index (χ0n) is 8.88. The van der Waals surface area contributed by atoms with Gasteiger partial charge in [0, 0.05) is 5.38 Å². The van der Waals surface area contributed by atoms with Crippen molar-refractivity contribution in [3.8, 4) is 0 Å². The molecule has 14 heavy (non-hydrogen) atoms. The first-order chi connectivity index (χ1) is 6.38. The molecule has 0 fully saturated rings. The predicted octanol–water partition coefficient (Wildman–Crippen LogP) is 3.40. The summed E-state index contributed by atoms with van der Waals surface area (Å²) in [5.41, 5.74) is 1.43. The first kappa shape index (κ1) is 11.0. The number of amides is 1. The van der Waals surface area contributed by atoms with Crippen LogP contribution in [0.3, 0.4) is 0 Å². The van der Waals surface area contributed by atoms with Crippen molar-refractivity contribution >= 4 is 23.1 Å². The van der Waals surface area contributed by atoms with E-state index in [-0.39, 0.29) is 0 Å². The van der Waals surface area contributed by atoms with Crippen LogP contribution in [0.15, 0.2) is 10.8 Å². The lowest BCUT2D eigenvalue weighted by Crippen LogP contribution is -2.27. The van der Waals surface area contributed by atoms with Gasteiger partial charge in [-0.2, -0.15) is 0 Å². The number of carbonyl (C=O) groups excluding carboxylic acids is 1. The quantitative estimate of drug-likeness (QED) is 0.776. The van der Waals surface area contributed by atoms with Gasteiger partial charge in [-0.1, -0.05) is 0 Å². The van der Waals surface area contributed by atoms with Gasteiger partial charge in [-0.25, -0.2) is 4.79 Å². The Kier molecular flexibility index (Phi) is 3.16. The molecular formula is C10H15NO2S. The minimum atomic E-state index is -0.450. The first-order valence-electron chi connectivity index (χ1n) is 4.41. The van der Waals surface area contributed by atoms with Gasteiger partial charge in [-0.15, -0.1) is 11.3 Å². The smallest absolute Gasteiger partial charge is 0.412 e. The van der Waals surface area contributed by atoms with Gasteiger partial charge in [0.1, 0.15) is 5.60 Å². The molecule has 78 valence electrons. The molecule has 3 nitrogen and oxygen atoms in total. The summed E-state index contributed by atoms with van der Waals surface area (Å²) in [5, 5.41) is 6.56. The minimum Gasteiger partial charge on any atom is -0.444 e. The standard InChI is InChI=1S/C10H15NO2S/c1-7-5-14-6-8(7)11-9(12)13-10(2,3)4/h5-6H,1-4H3,(H,11,12). The lowest BCUT2D eigenvalue weighted by atomic mass is 10.2. The molecule has 0 aliphatic carbocycles. The summed E-state index contributed by atoms with van der Waals surface area (Å²) in [6.45, 7) is 7.47. The molecule has 0 aliphatic rings. The number of rotatable bonds is 1. The minimum absolute atomic E-state index is 0.404. The molecule has 1 rings (SSSR count). The Balaban J connectivity index is 2.54. The third kappa shape index (κ3) is 3.38. The number of thiophene rings is 1. The largest absolute Gasteiger partial charge is 0.444 e. The van der Waals surface area contributed by atoms with E-state index in [1.54, 1.807) is 11.3 Å². The molecule has 0 saturated carbocycles. The molecule has 0 unspecified atom stereocenters. The van der Waals surface area contributed by atoms with Crippen molar-refractivity contribution in [3.05, 3.63) is 16.3 Å². The zero-order valence-corrected chi connectivity index (χ0v) is 9.70. The van der Waals surface area contributed by atoms with Gasteiger partial charge >= 0.3 is 6.09 Å². The number of hydrogen-bond acceptors (Lipinski definition) is 3. The Morgan fingerprint density at radius 1 is 1.43 bits per heavy atom. The van der Waals surface area contributed by atoms with Gasteiger partial charge in [0.15, 0.2) is 0 Å². The Bertz CT molecular complexity index is 325. The molecule has 4 heteroatoms. The third-order valence-electron chi connectivity index (χ3n) is 1.49. The van der Waals surface area contributed by atoms with E-state index in [0.717, 1.165) is 11.3 Å². The summed E-state index contributed by atoms with van der Waals surface area (Å²) in [7, 11) is 0. The van der Waals surface area contributed by atoms with E-state index in [9.17, 15) is 4.79 Å². The van der Waals surface area contributed by atoms with Crippen molar-refractivity contribution in [1.29, 1.82) is 0 Å². The van der Waals surface area contributed by atoms with E-state index in [0.29, 0.717) is 0 Å². The average Bonchev–Trinajstić information content (AvgIpc) is 2.32. The maximum absolute atomic E-state index is 11.3. The van der Waals surface area contributed by atoms with Crippen molar-refractivity contribution in [2.75, 3.05) is 5.32 Å². The van der Waals surface area contributed by atoms with E-state index in [1.165, 1.54) is 0 Å². The maximum Gasteiger partial charge on any atom is 0.412 e. The van der Waals surface area contributed by atoms with Crippen molar-refractivity contribution in [1.82, 2.24) is 0 Å². The fourth-order valence-electron chi connectivity index (χ4n) is 0.902. The molecular weight excluding hydrogens is 198 g/mol. The molecule has 0 aliphatic heterocycles. The van der Waals surface area contributed by atoms with Crippen LogP contribution in [0.5, 0.6) is 0 Å². The lowest BCUT2D eigenvalue weighted by molar-refractivity contribution is 0.0636. The van der Waals surface area contributed by atoms with Gasteiger partial charge in [-0.3, -0.25) is 5.32 Å². The molecule has 0 spiro atoms. The fraction of sp³-hybridized carbons (Fsp3) is 0.500. The Morgan fingerprint density at radius 3 is 2.50 bits per heavy atom. The number of carbonyl (C=O) groups is 1. The number of aryl methyl sites for hydroxylation is 1. The monoisotopic (exact) mass is 213 g/mol. The van der Waals surface area contributed by atoms with E-state index in [2.05, 4.69) is 5.32 Å². The van der Waals surface area contributed by atoms with E-state index < -0.39 is 11.7 Å². The summed E-state index contributed by atoms with van der Waals surface area (Å²) < 4.78 is 5.12. The lowest BCUT2D eigenvalue weighted by Gasteiger charge is -2.19. The van der Waals surface area contributed by atoms with Crippen molar-refractivity contribution in [2.45, 2.75) is 33.3 Å². The second-order valence-electron chi connectivity index (χ2n) is 4.10. The van der Waals surface area contributed by atoms with Crippen LogP contribution in [0.1, 0.15) is 26.3 Å². The highest BCUT2D eigenvalue weighted by Crippen LogP contribution is 2.20. The van der Waals surface area contributed by atoms with Crippen LogP contribution in [0, 0.1) is 6.92 Å². The zero-order chi connectivity index (χ0) is 10.8. The van der Waals surface area contributed by atoms with Crippen molar-refractivity contribution in [2.24, 2.45) is 0 Å². The van der Waals surface area contributed by atoms with Crippen molar-refractivity contribution < 1.29 is 9.53 Å². The number of ether oxygens (including phenoxy) is 1. The van der Waals surface area contributed by atoms with Crippen LogP contribution in [-0.2, 0) is 4.74 Å². The summed E-state index contributed by atoms with van der Waals surface area (Å²) >= 11 is 1.56. The highest BCUT2D eigenvalue weighted by Gasteiger charge is 2.16. The van der Waals surface area contributed by atoms with Gasteiger partial charge in [0.2, 0.25) is 0 Å². The highest BCUT2D eigenvalue weighted by atomic mass is 32.1. The van der Waals surface area contributed by atoms with Gasteiger partial charge in [0.25, 0.3) is 0 Å². The van der Waals surface area contributed by atoms with Crippen LogP contribution < -0.4 is 5.32 Å². The van der Waals surface area contributed by atoms with Gasteiger partial charge < -0.3 is 4.74 Å². The molecule has 0 atom stereocenters. The molecule has 1 amide bonds.